The van der Waals surface area contributed by atoms with E-state index in [9.17, 15) is 4.79 Å². The minimum atomic E-state index is -0.399. The summed E-state index contributed by atoms with van der Waals surface area (Å²) in [6.07, 6.45) is 3.15. The van der Waals surface area contributed by atoms with Crippen LogP contribution >= 0.6 is 0 Å². The summed E-state index contributed by atoms with van der Waals surface area (Å²) in [7, 11) is 0. The Bertz CT molecular complexity index is 341. The molecule has 0 radical (unpaired) electrons. The summed E-state index contributed by atoms with van der Waals surface area (Å²) in [5.41, 5.74) is 0.962. The fourth-order valence-corrected chi connectivity index (χ4v) is 1.00. The maximum atomic E-state index is 11.2. The van der Waals surface area contributed by atoms with Crippen molar-refractivity contribution in [1.29, 1.82) is 0 Å². The van der Waals surface area contributed by atoms with Gasteiger partial charge in [-0.15, -0.1) is 0 Å². The number of hydrogen-bond donors (Lipinski definition) is 0. The van der Waals surface area contributed by atoms with Crippen LogP contribution in [0.5, 0.6) is 0 Å². The van der Waals surface area contributed by atoms with Crippen molar-refractivity contribution in [3.05, 3.63) is 42.0 Å². The molecular formula is C13H16O3. The fourth-order valence-electron chi connectivity index (χ4n) is 1.00. The van der Waals surface area contributed by atoms with Gasteiger partial charge in [0.1, 0.15) is 0 Å². The van der Waals surface area contributed by atoms with Crippen molar-refractivity contribution in [2.24, 2.45) is 0 Å². The molecule has 3 heteroatoms. The zero-order chi connectivity index (χ0) is 11.8. The van der Waals surface area contributed by atoms with E-state index in [0.29, 0.717) is 0 Å². The molecule has 0 fully saturated rings. The van der Waals surface area contributed by atoms with Crippen LogP contribution in [0.25, 0.3) is 6.08 Å². The summed E-state index contributed by atoms with van der Waals surface area (Å²) in [4.78, 5) is 11.2. The van der Waals surface area contributed by atoms with Gasteiger partial charge in [-0.25, -0.2) is 4.79 Å². The van der Waals surface area contributed by atoms with E-state index in [0.717, 1.165) is 5.56 Å². The van der Waals surface area contributed by atoms with Crippen LogP contribution < -0.4 is 0 Å². The molecule has 86 valence electrons. The summed E-state index contributed by atoms with van der Waals surface area (Å²) in [5, 5.41) is 0. The van der Waals surface area contributed by atoms with Gasteiger partial charge in [0.2, 0.25) is 0 Å². The topological polar surface area (TPSA) is 35.5 Å². The highest BCUT2D eigenvalue weighted by Crippen LogP contribution is 2.01. The van der Waals surface area contributed by atoms with Crippen molar-refractivity contribution in [3.63, 3.8) is 0 Å². The molecule has 0 amide bonds. The lowest BCUT2D eigenvalue weighted by atomic mass is 10.2. The molecule has 0 aromatic heterocycles. The standard InChI is InChI=1S/C13H16O3/c1-11(2)15-10-16-13(14)9-8-12-6-4-3-5-7-12/h3-9,11H,10H2,1-2H3/b9-8+. The van der Waals surface area contributed by atoms with Crippen LogP contribution in [0.15, 0.2) is 36.4 Å². The Morgan fingerprint density at radius 1 is 1.31 bits per heavy atom. The van der Waals surface area contributed by atoms with Crippen LogP contribution in [-0.2, 0) is 14.3 Å². The first-order valence-electron chi connectivity index (χ1n) is 5.20. The Morgan fingerprint density at radius 3 is 2.62 bits per heavy atom. The molecule has 0 saturated heterocycles. The lowest BCUT2D eigenvalue weighted by Crippen LogP contribution is -2.10. The van der Waals surface area contributed by atoms with E-state index in [1.165, 1.54) is 6.08 Å². The Kier molecular flexibility index (Phi) is 5.29. The van der Waals surface area contributed by atoms with Crippen molar-refractivity contribution >= 4 is 12.0 Å². The summed E-state index contributed by atoms with van der Waals surface area (Å²) >= 11 is 0. The van der Waals surface area contributed by atoms with Crippen molar-refractivity contribution in [1.82, 2.24) is 0 Å². The van der Waals surface area contributed by atoms with Crippen molar-refractivity contribution in [2.45, 2.75) is 20.0 Å². The van der Waals surface area contributed by atoms with Crippen LogP contribution in [0.3, 0.4) is 0 Å². The first-order chi connectivity index (χ1) is 7.68. The second kappa shape index (κ2) is 6.80. The second-order valence-electron chi connectivity index (χ2n) is 3.54. The average Bonchev–Trinajstić information content (AvgIpc) is 2.27. The van der Waals surface area contributed by atoms with E-state index in [4.69, 9.17) is 9.47 Å². The Labute approximate surface area is 95.7 Å². The van der Waals surface area contributed by atoms with Crippen LogP contribution in [0.4, 0.5) is 0 Å². The van der Waals surface area contributed by atoms with E-state index < -0.39 is 5.97 Å². The van der Waals surface area contributed by atoms with Gasteiger partial charge >= 0.3 is 5.97 Å². The molecule has 0 unspecified atom stereocenters. The van der Waals surface area contributed by atoms with Crippen LogP contribution in [0.1, 0.15) is 19.4 Å². The molecule has 0 aliphatic heterocycles. The molecule has 0 atom stereocenters. The van der Waals surface area contributed by atoms with Crippen molar-refractivity contribution in [2.75, 3.05) is 6.79 Å². The maximum Gasteiger partial charge on any atom is 0.332 e. The molecule has 3 nitrogen and oxygen atoms in total. The zero-order valence-electron chi connectivity index (χ0n) is 9.55. The number of benzene rings is 1. The number of ether oxygens (including phenoxy) is 2. The first-order valence-corrected chi connectivity index (χ1v) is 5.20. The minimum Gasteiger partial charge on any atom is -0.435 e. The van der Waals surface area contributed by atoms with E-state index in [1.807, 2.05) is 44.2 Å². The molecule has 1 aromatic rings. The SMILES string of the molecule is CC(C)OCOC(=O)/C=C/c1ccccc1. The van der Waals surface area contributed by atoms with E-state index in [1.54, 1.807) is 6.08 Å². The predicted molar refractivity (Wildman–Crippen MR) is 62.7 cm³/mol. The van der Waals surface area contributed by atoms with Crippen molar-refractivity contribution < 1.29 is 14.3 Å². The smallest absolute Gasteiger partial charge is 0.332 e. The highest BCUT2D eigenvalue weighted by Gasteiger charge is 1.98. The zero-order valence-corrected chi connectivity index (χ0v) is 9.55. The van der Waals surface area contributed by atoms with E-state index in [-0.39, 0.29) is 12.9 Å². The normalized spacial score (nSPS) is 10.9. The first kappa shape index (κ1) is 12.5. The average molecular weight is 220 g/mol. The van der Waals surface area contributed by atoms with Gasteiger partial charge in [0.15, 0.2) is 6.79 Å². The number of rotatable bonds is 5. The molecule has 16 heavy (non-hydrogen) atoms. The summed E-state index contributed by atoms with van der Waals surface area (Å²) in [6.45, 7) is 3.76. The molecular weight excluding hydrogens is 204 g/mol. The second-order valence-corrected chi connectivity index (χ2v) is 3.54. The summed E-state index contributed by atoms with van der Waals surface area (Å²) in [6, 6.07) is 9.56. The molecule has 0 aliphatic carbocycles. The van der Waals surface area contributed by atoms with Gasteiger partial charge in [-0.3, -0.25) is 0 Å². The van der Waals surface area contributed by atoms with Gasteiger partial charge in [-0.1, -0.05) is 30.3 Å². The predicted octanol–water partition coefficient (Wildman–Crippen LogP) is 2.63. The van der Waals surface area contributed by atoms with E-state index >= 15 is 0 Å². The third-order valence-electron chi connectivity index (χ3n) is 1.81. The quantitative estimate of drug-likeness (QED) is 0.434. The minimum absolute atomic E-state index is 0.00434. The van der Waals surface area contributed by atoms with E-state index in [2.05, 4.69) is 0 Å². The highest BCUT2D eigenvalue weighted by molar-refractivity contribution is 5.86. The molecule has 0 aliphatic rings. The highest BCUT2D eigenvalue weighted by atomic mass is 16.7. The van der Waals surface area contributed by atoms with Gasteiger partial charge in [0, 0.05) is 6.08 Å². The van der Waals surface area contributed by atoms with Crippen LogP contribution in [0, 0.1) is 0 Å². The Morgan fingerprint density at radius 2 is 2.00 bits per heavy atom. The molecule has 0 spiro atoms. The molecule has 0 bridgehead atoms. The van der Waals surface area contributed by atoms with Gasteiger partial charge < -0.3 is 9.47 Å². The van der Waals surface area contributed by atoms with Gasteiger partial charge in [-0.05, 0) is 25.5 Å². The van der Waals surface area contributed by atoms with Gasteiger partial charge in [0.25, 0.3) is 0 Å². The largest absolute Gasteiger partial charge is 0.435 e. The Balaban J connectivity index is 2.32. The number of carbonyl (C=O) groups is 1. The maximum absolute atomic E-state index is 11.2. The molecule has 1 aromatic carbocycles. The lowest BCUT2D eigenvalue weighted by Gasteiger charge is -2.06. The number of esters is 1. The summed E-state index contributed by atoms with van der Waals surface area (Å²) in [5.74, 6) is -0.399. The monoisotopic (exact) mass is 220 g/mol. The third kappa shape index (κ3) is 5.32. The third-order valence-corrected chi connectivity index (χ3v) is 1.81. The van der Waals surface area contributed by atoms with Crippen LogP contribution in [0.2, 0.25) is 0 Å². The number of carbonyl (C=O) groups excluding carboxylic acids is 1. The molecule has 1 rings (SSSR count). The summed E-state index contributed by atoms with van der Waals surface area (Å²) < 4.78 is 9.91. The van der Waals surface area contributed by atoms with Crippen LogP contribution in [-0.4, -0.2) is 18.9 Å². The van der Waals surface area contributed by atoms with Gasteiger partial charge in [0.05, 0.1) is 6.10 Å². The fraction of sp³-hybridized carbons (Fsp3) is 0.308. The van der Waals surface area contributed by atoms with Crippen molar-refractivity contribution in [3.8, 4) is 0 Å². The Hall–Kier alpha value is -1.61. The van der Waals surface area contributed by atoms with Gasteiger partial charge in [-0.2, -0.15) is 0 Å². The molecule has 0 saturated carbocycles. The molecule has 0 N–H and O–H groups in total. The lowest BCUT2D eigenvalue weighted by molar-refractivity contribution is -0.153. The molecule has 0 heterocycles. The number of hydrogen-bond acceptors (Lipinski definition) is 3.